The van der Waals surface area contributed by atoms with Gasteiger partial charge in [-0.05, 0) is 37.5 Å². The second-order valence-electron chi connectivity index (χ2n) is 4.12. The fraction of sp³-hybridized carbons (Fsp3) is 0.333. The summed E-state index contributed by atoms with van der Waals surface area (Å²) in [7, 11) is 0. The van der Waals surface area contributed by atoms with Crippen LogP contribution in [0.2, 0.25) is 0 Å². The van der Waals surface area contributed by atoms with Crippen molar-refractivity contribution >= 4 is 0 Å². The number of nitrogens with zero attached hydrogens (tertiary/aromatic N) is 3. The summed E-state index contributed by atoms with van der Waals surface area (Å²) in [6, 6.07) is 4.17. The lowest BCUT2D eigenvalue weighted by Crippen LogP contribution is -2.18. The third-order valence-corrected chi connectivity index (χ3v) is 2.39. The summed E-state index contributed by atoms with van der Waals surface area (Å²) in [5.41, 5.74) is 8.04. The summed E-state index contributed by atoms with van der Waals surface area (Å²) in [5.74, 6) is 0.874. The van der Waals surface area contributed by atoms with Gasteiger partial charge < -0.3 is 5.73 Å². The smallest absolute Gasteiger partial charge is 0.156 e. The quantitative estimate of drug-likeness (QED) is 0.845. The topological polar surface area (TPSA) is 56.7 Å². The fourth-order valence-electron chi connectivity index (χ4n) is 1.74. The Bertz CT molecular complexity index is 460. The number of pyridine rings is 1. The molecule has 4 heteroatoms. The molecule has 0 aliphatic carbocycles. The molecule has 1 unspecified atom stereocenters. The van der Waals surface area contributed by atoms with Gasteiger partial charge in [0.2, 0.25) is 0 Å². The van der Waals surface area contributed by atoms with Crippen molar-refractivity contribution in [1.82, 2.24) is 14.8 Å². The highest BCUT2D eigenvalue weighted by Gasteiger charge is 2.05. The van der Waals surface area contributed by atoms with Gasteiger partial charge in [-0.25, -0.2) is 9.67 Å². The van der Waals surface area contributed by atoms with Crippen molar-refractivity contribution in [3.63, 3.8) is 0 Å². The maximum atomic E-state index is 5.76. The Kier molecular flexibility index (Phi) is 3.01. The monoisotopic (exact) mass is 216 g/mol. The summed E-state index contributed by atoms with van der Waals surface area (Å²) in [6.45, 7) is 4.03. The van der Waals surface area contributed by atoms with Crippen LogP contribution in [0.5, 0.6) is 0 Å². The standard InChI is InChI=1S/C12H16N4/c1-9-6-11(7-10(2)13)8-14-12(9)16-5-3-4-15-16/h3-6,8,10H,7,13H2,1-2H3. The van der Waals surface area contributed by atoms with E-state index in [1.54, 1.807) is 10.9 Å². The Morgan fingerprint density at radius 1 is 1.50 bits per heavy atom. The molecule has 0 aliphatic rings. The van der Waals surface area contributed by atoms with E-state index in [2.05, 4.69) is 16.1 Å². The van der Waals surface area contributed by atoms with E-state index in [0.29, 0.717) is 0 Å². The summed E-state index contributed by atoms with van der Waals surface area (Å²) in [5, 5.41) is 4.17. The highest BCUT2D eigenvalue weighted by molar-refractivity contribution is 5.34. The average Bonchev–Trinajstić information content (AvgIpc) is 2.69. The molecule has 2 heterocycles. The van der Waals surface area contributed by atoms with Crippen LogP contribution in [0, 0.1) is 6.92 Å². The first-order valence-corrected chi connectivity index (χ1v) is 5.38. The van der Waals surface area contributed by atoms with Gasteiger partial charge in [0.25, 0.3) is 0 Å². The van der Waals surface area contributed by atoms with Crippen molar-refractivity contribution in [2.75, 3.05) is 0 Å². The van der Waals surface area contributed by atoms with Gasteiger partial charge in [0.15, 0.2) is 5.82 Å². The first-order valence-electron chi connectivity index (χ1n) is 5.38. The Morgan fingerprint density at radius 2 is 2.31 bits per heavy atom. The van der Waals surface area contributed by atoms with E-state index < -0.39 is 0 Å². The van der Waals surface area contributed by atoms with Crippen LogP contribution in [0.25, 0.3) is 5.82 Å². The molecule has 0 spiro atoms. The molecule has 84 valence electrons. The zero-order valence-electron chi connectivity index (χ0n) is 9.59. The van der Waals surface area contributed by atoms with Gasteiger partial charge in [0.05, 0.1) is 0 Å². The summed E-state index contributed by atoms with van der Waals surface area (Å²) in [6.07, 6.45) is 6.36. The van der Waals surface area contributed by atoms with Crippen molar-refractivity contribution in [3.8, 4) is 5.82 Å². The minimum atomic E-state index is 0.164. The molecule has 0 saturated heterocycles. The lowest BCUT2D eigenvalue weighted by molar-refractivity contribution is 0.732. The highest BCUT2D eigenvalue weighted by atomic mass is 15.3. The Balaban J connectivity index is 2.30. The van der Waals surface area contributed by atoms with Crippen LogP contribution in [0.4, 0.5) is 0 Å². The molecule has 2 rings (SSSR count). The molecule has 0 fully saturated rings. The van der Waals surface area contributed by atoms with Gasteiger partial charge in [-0.1, -0.05) is 6.07 Å². The van der Waals surface area contributed by atoms with Gasteiger partial charge in [-0.15, -0.1) is 0 Å². The second kappa shape index (κ2) is 4.45. The van der Waals surface area contributed by atoms with Gasteiger partial charge in [0, 0.05) is 24.6 Å². The third kappa shape index (κ3) is 2.28. The van der Waals surface area contributed by atoms with E-state index in [1.807, 2.05) is 32.3 Å². The van der Waals surface area contributed by atoms with Gasteiger partial charge in [-0.2, -0.15) is 5.10 Å². The number of aromatic nitrogens is 3. The lowest BCUT2D eigenvalue weighted by atomic mass is 10.1. The van der Waals surface area contributed by atoms with E-state index >= 15 is 0 Å². The molecule has 0 radical (unpaired) electrons. The first kappa shape index (κ1) is 10.8. The van der Waals surface area contributed by atoms with E-state index in [9.17, 15) is 0 Å². The number of nitrogens with two attached hydrogens (primary N) is 1. The Hall–Kier alpha value is -1.68. The molecule has 1 atom stereocenters. The molecule has 2 aromatic rings. The van der Waals surface area contributed by atoms with Crippen molar-refractivity contribution in [2.45, 2.75) is 26.3 Å². The summed E-state index contributed by atoms with van der Waals surface area (Å²) >= 11 is 0. The molecule has 0 saturated carbocycles. The van der Waals surface area contributed by atoms with Crippen LogP contribution in [-0.4, -0.2) is 20.8 Å². The van der Waals surface area contributed by atoms with Crippen LogP contribution in [0.1, 0.15) is 18.1 Å². The largest absolute Gasteiger partial charge is 0.328 e. The number of rotatable bonds is 3. The minimum absolute atomic E-state index is 0.164. The van der Waals surface area contributed by atoms with E-state index in [1.165, 1.54) is 5.56 Å². The third-order valence-electron chi connectivity index (χ3n) is 2.39. The number of hydrogen-bond acceptors (Lipinski definition) is 3. The SMILES string of the molecule is Cc1cc(CC(C)N)cnc1-n1cccn1. The van der Waals surface area contributed by atoms with Gasteiger partial charge in [0.1, 0.15) is 0 Å². The molecular weight excluding hydrogens is 200 g/mol. The summed E-state index contributed by atoms with van der Waals surface area (Å²) < 4.78 is 1.77. The Labute approximate surface area is 95.1 Å². The predicted molar refractivity (Wildman–Crippen MR) is 63.4 cm³/mol. The summed E-state index contributed by atoms with van der Waals surface area (Å²) in [4.78, 5) is 4.42. The highest BCUT2D eigenvalue weighted by Crippen LogP contribution is 2.12. The van der Waals surface area contributed by atoms with Crippen LogP contribution in [0.3, 0.4) is 0 Å². The Morgan fingerprint density at radius 3 is 2.88 bits per heavy atom. The number of hydrogen-bond donors (Lipinski definition) is 1. The first-order chi connectivity index (χ1) is 7.66. The molecular formula is C12H16N4. The molecule has 0 bridgehead atoms. The van der Waals surface area contributed by atoms with Crippen molar-refractivity contribution < 1.29 is 0 Å². The maximum absolute atomic E-state index is 5.76. The van der Waals surface area contributed by atoms with Gasteiger partial charge in [-0.3, -0.25) is 0 Å². The van der Waals surface area contributed by atoms with E-state index in [4.69, 9.17) is 5.73 Å². The maximum Gasteiger partial charge on any atom is 0.156 e. The van der Waals surface area contributed by atoms with Gasteiger partial charge >= 0.3 is 0 Å². The van der Waals surface area contributed by atoms with Crippen LogP contribution in [0.15, 0.2) is 30.7 Å². The molecule has 0 aliphatic heterocycles. The molecule has 2 N–H and O–H groups in total. The lowest BCUT2D eigenvalue weighted by Gasteiger charge is -2.09. The van der Waals surface area contributed by atoms with Crippen LogP contribution < -0.4 is 5.73 Å². The fourth-order valence-corrected chi connectivity index (χ4v) is 1.74. The molecule has 2 aromatic heterocycles. The van der Waals surface area contributed by atoms with E-state index in [-0.39, 0.29) is 6.04 Å². The number of aryl methyl sites for hydroxylation is 1. The zero-order valence-corrected chi connectivity index (χ0v) is 9.59. The van der Waals surface area contributed by atoms with Crippen LogP contribution >= 0.6 is 0 Å². The molecule has 4 nitrogen and oxygen atoms in total. The van der Waals surface area contributed by atoms with E-state index in [0.717, 1.165) is 17.8 Å². The minimum Gasteiger partial charge on any atom is -0.328 e. The van der Waals surface area contributed by atoms with Crippen molar-refractivity contribution in [3.05, 3.63) is 41.9 Å². The van der Waals surface area contributed by atoms with Crippen molar-refractivity contribution in [2.24, 2.45) is 5.73 Å². The normalized spacial score (nSPS) is 12.7. The molecule has 16 heavy (non-hydrogen) atoms. The second-order valence-corrected chi connectivity index (χ2v) is 4.12. The zero-order chi connectivity index (χ0) is 11.5. The average molecular weight is 216 g/mol. The molecule has 0 aromatic carbocycles. The predicted octanol–water partition coefficient (Wildman–Crippen LogP) is 1.47. The van der Waals surface area contributed by atoms with Crippen molar-refractivity contribution in [1.29, 1.82) is 0 Å². The van der Waals surface area contributed by atoms with Crippen LogP contribution in [-0.2, 0) is 6.42 Å². The molecule has 0 amide bonds.